The Labute approximate surface area is 75.9 Å². The Balaban J connectivity index is 2.11. The van der Waals surface area contributed by atoms with E-state index in [0.29, 0.717) is 12.1 Å². The van der Waals surface area contributed by atoms with E-state index in [1.807, 2.05) is 0 Å². The van der Waals surface area contributed by atoms with Gasteiger partial charge in [0.25, 0.3) is 0 Å². The number of nitrogens with one attached hydrogen (secondary N) is 1. The van der Waals surface area contributed by atoms with Crippen molar-refractivity contribution >= 4 is 0 Å². The van der Waals surface area contributed by atoms with Crippen molar-refractivity contribution in [3.8, 4) is 0 Å². The lowest BCUT2D eigenvalue weighted by molar-refractivity contribution is 0.422. The molecule has 0 aromatic heterocycles. The number of hydrogen-bond acceptors (Lipinski definition) is 2. The molecule has 1 rings (SSSR count). The number of nitrogens with two attached hydrogens (primary N) is 1. The van der Waals surface area contributed by atoms with Crippen LogP contribution in [0.25, 0.3) is 0 Å². The summed E-state index contributed by atoms with van der Waals surface area (Å²) in [5.41, 5.74) is 6.01. The molecule has 1 aliphatic heterocycles. The molecule has 72 valence electrons. The van der Waals surface area contributed by atoms with Gasteiger partial charge in [0.2, 0.25) is 0 Å². The molecule has 0 bridgehead atoms. The summed E-state index contributed by atoms with van der Waals surface area (Å²) in [5, 5.41) is 3.48. The van der Waals surface area contributed by atoms with Crippen LogP contribution < -0.4 is 11.1 Å². The smallest absolute Gasteiger partial charge is 0.00822 e. The Bertz CT molecular complexity index is 117. The third-order valence-electron chi connectivity index (χ3n) is 2.52. The predicted octanol–water partition coefficient (Wildman–Crippen LogP) is 1.50. The monoisotopic (exact) mass is 170 g/mol. The van der Waals surface area contributed by atoms with E-state index < -0.39 is 0 Å². The van der Waals surface area contributed by atoms with E-state index in [-0.39, 0.29) is 0 Å². The fraction of sp³-hybridized carbons (Fsp3) is 1.00. The topological polar surface area (TPSA) is 38.0 Å². The molecule has 1 heterocycles. The summed E-state index contributed by atoms with van der Waals surface area (Å²) in [5.74, 6) is 0.737. The average Bonchev–Trinajstić information content (AvgIpc) is 2.37. The van der Waals surface area contributed by atoms with Crippen LogP contribution in [0.5, 0.6) is 0 Å². The van der Waals surface area contributed by atoms with E-state index in [2.05, 4.69) is 19.2 Å². The molecule has 2 unspecified atom stereocenters. The maximum atomic E-state index is 6.01. The standard InChI is InChI=1S/C10H22N2/c1-8(2)6-9(11)7-10-4-3-5-12-10/h8-10,12H,3-7,11H2,1-2H3. The van der Waals surface area contributed by atoms with Gasteiger partial charge in [0, 0.05) is 12.1 Å². The van der Waals surface area contributed by atoms with Crippen LogP contribution >= 0.6 is 0 Å². The normalized spacial score (nSPS) is 26.5. The van der Waals surface area contributed by atoms with Gasteiger partial charge in [0.15, 0.2) is 0 Å². The zero-order chi connectivity index (χ0) is 8.97. The van der Waals surface area contributed by atoms with Crippen molar-refractivity contribution in [1.29, 1.82) is 0 Å². The summed E-state index contributed by atoms with van der Waals surface area (Å²) in [6, 6.07) is 1.11. The Kier molecular flexibility index (Phi) is 4.02. The molecule has 0 spiro atoms. The van der Waals surface area contributed by atoms with E-state index in [1.54, 1.807) is 0 Å². The largest absolute Gasteiger partial charge is 0.328 e. The van der Waals surface area contributed by atoms with Crippen LogP contribution in [-0.4, -0.2) is 18.6 Å². The van der Waals surface area contributed by atoms with Crippen LogP contribution in [-0.2, 0) is 0 Å². The molecule has 0 amide bonds. The van der Waals surface area contributed by atoms with Crippen LogP contribution in [0.1, 0.15) is 39.5 Å². The highest BCUT2D eigenvalue weighted by molar-refractivity contribution is 4.79. The van der Waals surface area contributed by atoms with Gasteiger partial charge in [-0.15, -0.1) is 0 Å². The van der Waals surface area contributed by atoms with Crippen molar-refractivity contribution in [2.75, 3.05) is 6.54 Å². The maximum Gasteiger partial charge on any atom is 0.00822 e. The molecule has 0 aromatic carbocycles. The van der Waals surface area contributed by atoms with Gasteiger partial charge in [-0.2, -0.15) is 0 Å². The number of rotatable bonds is 4. The second-order valence-corrected chi connectivity index (χ2v) is 4.42. The first kappa shape index (κ1) is 10.0. The van der Waals surface area contributed by atoms with E-state index >= 15 is 0 Å². The van der Waals surface area contributed by atoms with Crippen LogP contribution in [0, 0.1) is 5.92 Å². The summed E-state index contributed by atoms with van der Waals surface area (Å²) in [6.07, 6.45) is 4.99. The first-order valence-electron chi connectivity index (χ1n) is 5.17. The molecule has 2 nitrogen and oxygen atoms in total. The molecule has 1 fully saturated rings. The summed E-state index contributed by atoms with van der Waals surface area (Å²) in [4.78, 5) is 0. The molecule has 0 aliphatic carbocycles. The van der Waals surface area contributed by atoms with Gasteiger partial charge in [-0.05, 0) is 38.1 Å². The van der Waals surface area contributed by atoms with Gasteiger partial charge in [-0.1, -0.05) is 13.8 Å². The second-order valence-electron chi connectivity index (χ2n) is 4.42. The van der Waals surface area contributed by atoms with Gasteiger partial charge < -0.3 is 11.1 Å². The van der Waals surface area contributed by atoms with Crippen molar-refractivity contribution < 1.29 is 0 Å². The van der Waals surface area contributed by atoms with Gasteiger partial charge in [-0.25, -0.2) is 0 Å². The molecule has 3 N–H and O–H groups in total. The van der Waals surface area contributed by atoms with E-state index in [9.17, 15) is 0 Å². The highest BCUT2D eigenvalue weighted by atomic mass is 14.9. The SMILES string of the molecule is CC(C)CC(N)CC1CCCN1. The van der Waals surface area contributed by atoms with Crippen LogP contribution in [0.3, 0.4) is 0 Å². The zero-order valence-electron chi connectivity index (χ0n) is 8.34. The lowest BCUT2D eigenvalue weighted by atomic mass is 9.98. The molecule has 12 heavy (non-hydrogen) atoms. The summed E-state index contributed by atoms with van der Waals surface area (Å²) in [7, 11) is 0. The minimum Gasteiger partial charge on any atom is -0.328 e. The summed E-state index contributed by atoms with van der Waals surface area (Å²) in [6.45, 7) is 5.67. The highest BCUT2D eigenvalue weighted by Gasteiger charge is 2.17. The molecule has 1 saturated heterocycles. The van der Waals surface area contributed by atoms with Crippen molar-refractivity contribution in [3.05, 3.63) is 0 Å². The fourth-order valence-corrected chi connectivity index (χ4v) is 2.03. The molecular weight excluding hydrogens is 148 g/mol. The van der Waals surface area contributed by atoms with Crippen LogP contribution in [0.4, 0.5) is 0 Å². The second kappa shape index (κ2) is 4.83. The Morgan fingerprint density at radius 3 is 2.75 bits per heavy atom. The Hall–Kier alpha value is -0.0800. The van der Waals surface area contributed by atoms with E-state index in [0.717, 1.165) is 18.8 Å². The molecular formula is C10H22N2. The number of hydrogen-bond donors (Lipinski definition) is 2. The van der Waals surface area contributed by atoms with Crippen molar-refractivity contribution in [3.63, 3.8) is 0 Å². The first-order valence-corrected chi connectivity index (χ1v) is 5.17. The third-order valence-corrected chi connectivity index (χ3v) is 2.52. The molecule has 1 aliphatic rings. The molecule has 0 aromatic rings. The van der Waals surface area contributed by atoms with Gasteiger partial charge in [0.05, 0.1) is 0 Å². The zero-order valence-corrected chi connectivity index (χ0v) is 8.34. The Morgan fingerprint density at radius 1 is 1.50 bits per heavy atom. The molecule has 0 saturated carbocycles. The summed E-state index contributed by atoms with van der Waals surface area (Å²) < 4.78 is 0. The molecule has 2 atom stereocenters. The van der Waals surface area contributed by atoms with Crippen molar-refractivity contribution in [2.45, 2.75) is 51.6 Å². The van der Waals surface area contributed by atoms with Crippen LogP contribution in [0.15, 0.2) is 0 Å². The quantitative estimate of drug-likeness (QED) is 0.671. The lowest BCUT2D eigenvalue weighted by Gasteiger charge is -2.18. The van der Waals surface area contributed by atoms with Gasteiger partial charge >= 0.3 is 0 Å². The minimum absolute atomic E-state index is 0.403. The maximum absolute atomic E-state index is 6.01. The first-order chi connectivity index (χ1) is 5.68. The third kappa shape index (κ3) is 3.55. The summed E-state index contributed by atoms with van der Waals surface area (Å²) >= 11 is 0. The van der Waals surface area contributed by atoms with Crippen molar-refractivity contribution in [2.24, 2.45) is 11.7 Å². The lowest BCUT2D eigenvalue weighted by Crippen LogP contribution is -2.32. The Morgan fingerprint density at radius 2 is 2.25 bits per heavy atom. The van der Waals surface area contributed by atoms with Crippen molar-refractivity contribution in [1.82, 2.24) is 5.32 Å². The fourth-order valence-electron chi connectivity index (χ4n) is 2.03. The minimum atomic E-state index is 0.403. The molecule has 0 radical (unpaired) electrons. The van der Waals surface area contributed by atoms with Crippen LogP contribution in [0.2, 0.25) is 0 Å². The van der Waals surface area contributed by atoms with E-state index in [4.69, 9.17) is 5.73 Å². The van der Waals surface area contributed by atoms with Gasteiger partial charge in [-0.3, -0.25) is 0 Å². The van der Waals surface area contributed by atoms with Gasteiger partial charge in [0.1, 0.15) is 0 Å². The molecule has 2 heteroatoms. The predicted molar refractivity (Wildman–Crippen MR) is 53.1 cm³/mol. The van der Waals surface area contributed by atoms with E-state index in [1.165, 1.54) is 19.4 Å². The average molecular weight is 170 g/mol. The highest BCUT2D eigenvalue weighted by Crippen LogP contribution is 2.13.